The number of nitrogens with zero attached hydrogens (tertiary/aromatic N) is 1. The molecular formula is C21H27N3O. The largest absolute Gasteiger partial charge is 0.397 e. The minimum absolute atomic E-state index is 0.131. The van der Waals surface area contributed by atoms with Crippen LogP contribution in [-0.4, -0.2) is 19.0 Å². The molecule has 1 heterocycles. The number of amides is 1. The molecule has 3 N–H and O–H groups in total. The monoisotopic (exact) mass is 337 g/mol. The van der Waals surface area contributed by atoms with Gasteiger partial charge >= 0.3 is 0 Å². The Kier molecular flexibility index (Phi) is 4.98. The van der Waals surface area contributed by atoms with Crippen molar-refractivity contribution < 1.29 is 4.79 Å². The van der Waals surface area contributed by atoms with E-state index in [4.69, 9.17) is 5.73 Å². The Bertz CT molecular complexity index is 767. The number of carbonyl (C=O) groups is 1. The van der Waals surface area contributed by atoms with E-state index in [2.05, 4.69) is 24.1 Å². The predicted molar refractivity (Wildman–Crippen MR) is 105 cm³/mol. The summed E-state index contributed by atoms with van der Waals surface area (Å²) in [5, 5.41) is 2.97. The van der Waals surface area contributed by atoms with Crippen LogP contribution in [0.1, 0.15) is 41.3 Å². The molecule has 4 nitrogen and oxygen atoms in total. The van der Waals surface area contributed by atoms with Crippen LogP contribution >= 0.6 is 0 Å². The second-order valence-corrected chi connectivity index (χ2v) is 7.24. The first-order chi connectivity index (χ1) is 11.9. The van der Waals surface area contributed by atoms with Crippen LogP contribution in [0, 0.1) is 19.8 Å². The van der Waals surface area contributed by atoms with Gasteiger partial charge in [0.25, 0.3) is 5.91 Å². The molecule has 132 valence electrons. The Hall–Kier alpha value is -2.49. The first kappa shape index (κ1) is 17.3. The highest BCUT2D eigenvalue weighted by Gasteiger charge is 2.19. The van der Waals surface area contributed by atoms with Gasteiger partial charge in [-0.2, -0.15) is 0 Å². The van der Waals surface area contributed by atoms with Crippen LogP contribution in [0.4, 0.5) is 17.1 Å². The van der Waals surface area contributed by atoms with Crippen molar-refractivity contribution in [1.82, 2.24) is 0 Å². The molecule has 0 aliphatic carbocycles. The van der Waals surface area contributed by atoms with E-state index >= 15 is 0 Å². The average molecular weight is 337 g/mol. The van der Waals surface area contributed by atoms with E-state index < -0.39 is 0 Å². The quantitative estimate of drug-likeness (QED) is 0.818. The van der Waals surface area contributed by atoms with Crippen LogP contribution in [0.3, 0.4) is 0 Å². The van der Waals surface area contributed by atoms with E-state index in [1.165, 1.54) is 18.5 Å². The average Bonchev–Trinajstić information content (AvgIpc) is 2.57. The SMILES string of the molecule is Cc1ccc(C(=O)Nc2cc(N3CCC[C@H](C)C3)c(C)cc2N)cc1. The van der Waals surface area contributed by atoms with Gasteiger partial charge in [0.05, 0.1) is 11.4 Å². The smallest absolute Gasteiger partial charge is 0.255 e. The summed E-state index contributed by atoms with van der Waals surface area (Å²) in [5.41, 5.74) is 11.5. The van der Waals surface area contributed by atoms with Crippen LogP contribution in [0.5, 0.6) is 0 Å². The van der Waals surface area contributed by atoms with Gasteiger partial charge in [0.15, 0.2) is 0 Å². The lowest BCUT2D eigenvalue weighted by Crippen LogP contribution is -2.34. The molecule has 1 saturated heterocycles. The minimum atomic E-state index is -0.131. The molecule has 1 amide bonds. The molecule has 0 bridgehead atoms. The predicted octanol–water partition coefficient (Wildman–Crippen LogP) is 4.37. The van der Waals surface area contributed by atoms with Crippen molar-refractivity contribution in [2.45, 2.75) is 33.6 Å². The van der Waals surface area contributed by atoms with Gasteiger partial charge < -0.3 is 16.0 Å². The van der Waals surface area contributed by atoms with E-state index in [9.17, 15) is 4.79 Å². The fourth-order valence-corrected chi connectivity index (χ4v) is 3.48. The molecule has 1 aliphatic heterocycles. The Morgan fingerprint density at radius 1 is 1.20 bits per heavy atom. The van der Waals surface area contributed by atoms with Gasteiger partial charge in [-0.15, -0.1) is 0 Å². The maximum Gasteiger partial charge on any atom is 0.255 e. The second-order valence-electron chi connectivity index (χ2n) is 7.24. The molecule has 25 heavy (non-hydrogen) atoms. The molecular weight excluding hydrogens is 310 g/mol. The van der Waals surface area contributed by atoms with E-state index in [1.807, 2.05) is 43.3 Å². The number of rotatable bonds is 3. The fraction of sp³-hybridized carbons (Fsp3) is 0.381. The van der Waals surface area contributed by atoms with Crippen molar-refractivity contribution in [3.63, 3.8) is 0 Å². The minimum Gasteiger partial charge on any atom is -0.397 e. The number of aryl methyl sites for hydroxylation is 2. The third-order valence-corrected chi connectivity index (χ3v) is 4.93. The zero-order chi connectivity index (χ0) is 18.0. The first-order valence-electron chi connectivity index (χ1n) is 8.97. The summed E-state index contributed by atoms with van der Waals surface area (Å²) in [6.07, 6.45) is 2.48. The van der Waals surface area contributed by atoms with Gasteiger partial charge in [-0.1, -0.05) is 24.6 Å². The molecule has 1 aliphatic rings. The van der Waals surface area contributed by atoms with Crippen LogP contribution < -0.4 is 16.0 Å². The Morgan fingerprint density at radius 2 is 1.92 bits per heavy atom. The zero-order valence-corrected chi connectivity index (χ0v) is 15.3. The van der Waals surface area contributed by atoms with Crippen LogP contribution in [-0.2, 0) is 0 Å². The number of carbonyl (C=O) groups excluding carboxylic acids is 1. The lowest BCUT2D eigenvalue weighted by atomic mass is 9.98. The molecule has 0 spiro atoms. The number of nitrogen functional groups attached to an aromatic ring is 1. The lowest BCUT2D eigenvalue weighted by molar-refractivity contribution is 0.102. The van der Waals surface area contributed by atoms with Crippen LogP contribution in [0.25, 0.3) is 0 Å². The van der Waals surface area contributed by atoms with Crippen molar-refractivity contribution in [2.75, 3.05) is 29.0 Å². The Labute approximate surface area is 150 Å². The summed E-state index contributed by atoms with van der Waals surface area (Å²) in [4.78, 5) is 14.9. The van der Waals surface area contributed by atoms with Gasteiger partial charge in [-0.25, -0.2) is 0 Å². The molecule has 0 unspecified atom stereocenters. The molecule has 4 heteroatoms. The summed E-state index contributed by atoms with van der Waals surface area (Å²) >= 11 is 0. The van der Waals surface area contributed by atoms with Gasteiger partial charge in [-0.05, 0) is 62.4 Å². The van der Waals surface area contributed by atoms with Crippen molar-refractivity contribution in [3.05, 3.63) is 53.1 Å². The van der Waals surface area contributed by atoms with Gasteiger partial charge in [0.1, 0.15) is 0 Å². The number of nitrogens with one attached hydrogen (secondary N) is 1. The molecule has 1 atom stereocenters. The Morgan fingerprint density at radius 3 is 2.60 bits per heavy atom. The summed E-state index contributed by atoms with van der Waals surface area (Å²) in [6, 6.07) is 11.5. The molecule has 3 rings (SSSR count). The third kappa shape index (κ3) is 3.95. The van der Waals surface area contributed by atoms with E-state index in [0.29, 0.717) is 22.9 Å². The van der Waals surface area contributed by atoms with Crippen molar-refractivity contribution in [1.29, 1.82) is 0 Å². The highest BCUT2D eigenvalue weighted by Crippen LogP contribution is 2.32. The summed E-state index contributed by atoms with van der Waals surface area (Å²) in [7, 11) is 0. The van der Waals surface area contributed by atoms with Crippen LogP contribution in [0.2, 0.25) is 0 Å². The van der Waals surface area contributed by atoms with Gasteiger partial charge in [0, 0.05) is 24.3 Å². The number of benzene rings is 2. The molecule has 0 aromatic heterocycles. The number of hydrogen-bond donors (Lipinski definition) is 2. The molecule has 0 saturated carbocycles. The molecule has 1 fully saturated rings. The summed E-state index contributed by atoms with van der Waals surface area (Å²) in [6.45, 7) is 8.48. The van der Waals surface area contributed by atoms with Gasteiger partial charge in [0.2, 0.25) is 0 Å². The maximum atomic E-state index is 12.5. The van der Waals surface area contributed by atoms with Crippen molar-refractivity contribution in [2.24, 2.45) is 5.92 Å². The normalized spacial score (nSPS) is 17.4. The Balaban J connectivity index is 1.84. The van der Waals surface area contributed by atoms with E-state index in [-0.39, 0.29) is 5.91 Å². The van der Waals surface area contributed by atoms with Crippen LogP contribution in [0.15, 0.2) is 36.4 Å². The molecule has 2 aromatic carbocycles. The lowest BCUT2D eigenvalue weighted by Gasteiger charge is -2.34. The van der Waals surface area contributed by atoms with E-state index in [1.54, 1.807) is 0 Å². The zero-order valence-electron chi connectivity index (χ0n) is 15.3. The summed E-state index contributed by atoms with van der Waals surface area (Å²) in [5.74, 6) is 0.560. The number of hydrogen-bond acceptors (Lipinski definition) is 3. The standard InChI is InChI=1S/C21H27N3O/c1-14-6-8-17(9-7-14)21(25)23-19-12-20(16(3)11-18(19)22)24-10-4-5-15(2)13-24/h6-9,11-12,15H,4-5,10,13,22H2,1-3H3,(H,23,25)/t15-/m0/s1. The topological polar surface area (TPSA) is 58.4 Å². The highest BCUT2D eigenvalue weighted by molar-refractivity contribution is 6.06. The van der Waals surface area contributed by atoms with Crippen molar-refractivity contribution >= 4 is 23.0 Å². The summed E-state index contributed by atoms with van der Waals surface area (Å²) < 4.78 is 0. The third-order valence-electron chi connectivity index (χ3n) is 4.93. The second kappa shape index (κ2) is 7.18. The first-order valence-corrected chi connectivity index (χ1v) is 8.97. The number of nitrogens with two attached hydrogens (primary N) is 1. The van der Waals surface area contributed by atoms with E-state index in [0.717, 1.165) is 24.2 Å². The fourth-order valence-electron chi connectivity index (χ4n) is 3.48. The number of anilines is 3. The van der Waals surface area contributed by atoms with Crippen molar-refractivity contribution in [3.8, 4) is 0 Å². The highest BCUT2D eigenvalue weighted by atomic mass is 16.1. The van der Waals surface area contributed by atoms with Gasteiger partial charge in [-0.3, -0.25) is 4.79 Å². The molecule has 0 radical (unpaired) electrons. The maximum absolute atomic E-state index is 12.5. The number of piperidine rings is 1. The molecule has 2 aromatic rings.